The van der Waals surface area contributed by atoms with Gasteiger partial charge in [0.15, 0.2) is 0 Å². The molecule has 0 saturated heterocycles. The van der Waals surface area contributed by atoms with E-state index < -0.39 is 0 Å². The van der Waals surface area contributed by atoms with Gasteiger partial charge in [-0.3, -0.25) is 0 Å². The fourth-order valence-corrected chi connectivity index (χ4v) is 1.82. The minimum Gasteiger partial charge on any atom is -0.310 e. The van der Waals surface area contributed by atoms with Crippen LogP contribution in [0.5, 0.6) is 0 Å². The van der Waals surface area contributed by atoms with Crippen LogP contribution in [0.2, 0.25) is 5.02 Å². The average molecular weight is 256 g/mol. The predicted octanol–water partition coefficient (Wildman–Crippen LogP) is 4.49. The molecule has 0 amide bonds. The summed E-state index contributed by atoms with van der Waals surface area (Å²) in [4.78, 5) is 0. The first-order valence-corrected chi connectivity index (χ1v) is 6.25. The van der Waals surface area contributed by atoms with E-state index in [-0.39, 0.29) is 16.9 Å². The van der Waals surface area contributed by atoms with Crippen LogP contribution in [0.1, 0.15) is 38.3 Å². The molecule has 1 N–H and O–H groups in total. The van der Waals surface area contributed by atoms with Gasteiger partial charge >= 0.3 is 0 Å². The fraction of sp³-hybridized carbons (Fsp3) is 0.429. The van der Waals surface area contributed by atoms with Crippen LogP contribution >= 0.6 is 11.6 Å². The maximum absolute atomic E-state index is 13.4. The molecule has 0 radical (unpaired) electrons. The van der Waals surface area contributed by atoms with Gasteiger partial charge in [-0.05, 0) is 44.0 Å². The van der Waals surface area contributed by atoms with E-state index in [4.69, 9.17) is 11.6 Å². The Hall–Kier alpha value is -0.860. The Morgan fingerprint density at radius 2 is 2.24 bits per heavy atom. The van der Waals surface area contributed by atoms with Crippen LogP contribution in [0, 0.1) is 5.82 Å². The minimum absolute atomic E-state index is 0.110. The zero-order valence-corrected chi connectivity index (χ0v) is 11.1. The molecule has 1 unspecified atom stereocenters. The summed E-state index contributed by atoms with van der Waals surface area (Å²) < 4.78 is 13.4. The lowest BCUT2D eigenvalue weighted by molar-refractivity contribution is 0.523. The van der Waals surface area contributed by atoms with Gasteiger partial charge in [0.25, 0.3) is 0 Å². The molecular weight excluding hydrogens is 237 g/mol. The molecule has 0 aromatic heterocycles. The Labute approximate surface area is 108 Å². The molecule has 1 rings (SSSR count). The molecule has 0 bridgehead atoms. The van der Waals surface area contributed by atoms with Crippen molar-refractivity contribution in [3.8, 4) is 0 Å². The third kappa shape index (κ3) is 4.49. The van der Waals surface area contributed by atoms with Crippen molar-refractivity contribution in [2.75, 3.05) is 6.54 Å². The number of hydrogen-bond donors (Lipinski definition) is 1. The Bertz CT molecular complexity index is 390. The van der Waals surface area contributed by atoms with Crippen molar-refractivity contribution in [2.24, 2.45) is 0 Å². The van der Waals surface area contributed by atoms with Gasteiger partial charge in [0.05, 0.1) is 5.02 Å². The first kappa shape index (κ1) is 14.2. The van der Waals surface area contributed by atoms with E-state index in [0.717, 1.165) is 30.5 Å². The molecular formula is C14H19ClFN. The van der Waals surface area contributed by atoms with Crippen molar-refractivity contribution in [3.05, 3.63) is 46.8 Å². The molecule has 0 aliphatic carbocycles. The van der Waals surface area contributed by atoms with Crippen molar-refractivity contribution in [1.29, 1.82) is 0 Å². The van der Waals surface area contributed by atoms with E-state index >= 15 is 0 Å². The van der Waals surface area contributed by atoms with E-state index in [9.17, 15) is 4.39 Å². The second kappa shape index (κ2) is 6.77. The lowest BCUT2D eigenvalue weighted by Crippen LogP contribution is -2.22. The van der Waals surface area contributed by atoms with Gasteiger partial charge in [-0.15, -0.1) is 6.58 Å². The highest BCUT2D eigenvalue weighted by molar-refractivity contribution is 6.30. The van der Waals surface area contributed by atoms with Gasteiger partial charge in [0.1, 0.15) is 5.82 Å². The van der Waals surface area contributed by atoms with Crippen LogP contribution in [-0.2, 0) is 0 Å². The summed E-state index contributed by atoms with van der Waals surface area (Å²) >= 11 is 5.68. The molecule has 0 saturated carbocycles. The first-order chi connectivity index (χ1) is 8.04. The van der Waals surface area contributed by atoms with Gasteiger partial charge in [0, 0.05) is 6.04 Å². The molecule has 17 heavy (non-hydrogen) atoms. The van der Waals surface area contributed by atoms with Crippen LogP contribution in [0.3, 0.4) is 0 Å². The number of nitrogens with one attached hydrogen (secondary N) is 1. The van der Waals surface area contributed by atoms with Crippen molar-refractivity contribution >= 4 is 11.6 Å². The van der Waals surface area contributed by atoms with Gasteiger partial charge < -0.3 is 5.32 Å². The third-order valence-corrected chi connectivity index (χ3v) is 2.85. The second-order valence-electron chi connectivity index (χ2n) is 4.34. The van der Waals surface area contributed by atoms with Gasteiger partial charge in [0.2, 0.25) is 0 Å². The van der Waals surface area contributed by atoms with E-state index in [1.165, 1.54) is 6.07 Å². The highest BCUT2D eigenvalue weighted by Gasteiger charge is 2.12. The number of rotatable bonds is 6. The summed E-state index contributed by atoms with van der Waals surface area (Å²) in [5, 5.41) is 3.56. The quantitative estimate of drug-likeness (QED) is 0.739. The predicted molar refractivity (Wildman–Crippen MR) is 71.9 cm³/mol. The molecule has 0 aliphatic heterocycles. The van der Waals surface area contributed by atoms with Crippen molar-refractivity contribution < 1.29 is 4.39 Å². The van der Waals surface area contributed by atoms with E-state index in [2.05, 4.69) is 18.8 Å². The maximum Gasteiger partial charge on any atom is 0.142 e. The van der Waals surface area contributed by atoms with Crippen LogP contribution in [0.25, 0.3) is 0 Å². The summed E-state index contributed by atoms with van der Waals surface area (Å²) in [7, 11) is 0. The van der Waals surface area contributed by atoms with E-state index in [1.807, 2.05) is 13.0 Å². The topological polar surface area (TPSA) is 12.0 Å². The number of hydrogen-bond acceptors (Lipinski definition) is 1. The smallest absolute Gasteiger partial charge is 0.142 e. The first-order valence-electron chi connectivity index (χ1n) is 5.87. The Kier molecular flexibility index (Phi) is 5.66. The number of benzene rings is 1. The third-order valence-electron chi connectivity index (χ3n) is 2.54. The summed E-state index contributed by atoms with van der Waals surface area (Å²) in [6, 6.07) is 5.07. The van der Waals surface area contributed by atoms with Crippen molar-refractivity contribution in [2.45, 2.75) is 32.7 Å². The lowest BCUT2D eigenvalue weighted by atomic mass is 10.00. The largest absolute Gasteiger partial charge is 0.310 e. The zero-order valence-electron chi connectivity index (χ0n) is 10.4. The van der Waals surface area contributed by atoms with Crippen LogP contribution < -0.4 is 5.32 Å². The maximum atomic E-state index is 13.4. The molecule has 1 nitrogen and oxygen atoms in total. The van der Waals surface area contributed by atoms with Crippen LogP contribution in [0.4, 0.5) is 4.39 Å². The molecule has 0 aliphatic rings. The zero-order chi connectivity index (χ0) is 12.8. The molecule has 1 aromatic rings. The summed E-state index contributed by atoms with van der Waals surface area (Å²) in [6.45, 7) is 8.90. The molecule has 0 spiro atoms. The summed E-state index contributed by atoms with van der Waals surface area (Å²) in [6.07, 6.45) is 1.85. The standard InChI is InChI=1S/C14H19ClFN/c1-4-7-17-14(8-10(2)3)11-5-6-12(15)13(16)9-11/h5-6,9,14,17H,2,4,7-8H2,1,3H3. The van der Waals surface area contributed by atoms with Gasteiger partial charge in [-0.1, -0.05) is 30.2 Å². The molecule has 3 heteroatoms. The summed E-state index contributed by atoms with van der Waals surface area (Å²) in [5.41, 5.74) is 2.00. The second-order valence-corrected chi connectivity index (χ2v) is 4.75. The van der Waals surface area contributed by atoms with Crippen LogP contribution in [-0.4, -0.2) is 6.54 Å². The molecule has 94 valence electrons. The molecule has 1 aromatic carbocycles. The minimum atomic E-state index is -0.366. The average Bonchev–Trinajstić information content (AvgIpc) is 2.27. The molecule has 0 fully saturated rings. The fourth-order valence-electron chi connectivity index (χ4n) is 1.70. The normalized spacial score (nSPS) is 12.5. The Morgan fingerprint density at radius 1 is 1.53 bits per heavy atom. The van der Waals surface area contributed by atoms with Crippen molar-refractivity contribution in [3.63, 3.8) is 0 Å². The molecule has 1 atom stereocenters. The molecule has 0 heterocycles. The van der Waals surface area contributed by atoms with Crippen molar-refractivity contribution in [1.82, 2.24) is 5.32 Å². The summed E-state index contributed by atoms with van der Waals surface area (Å²) in [5.74, 6) is -0.366. The highest BCUT2D eigenvalue weighted by atomic mass is 35.5. The van der Waals surface area contributed by atoms with Crippen LogP contribution in [0.15, 0.2) is 30.4 Å². The van der Waals surface area contributed by atoms with Gasteiger partial charge in [-0.25, -0.2) is 4.39 Å². The Morgan fingerprint density at radius 3 is 2.76 bits per heavy atom. The number of halogens is 2. The Balaban J connectivity index is 2.86. The lowest BCUT2D eigenvalue weighted by Gasteiger charge is -2.19. The monoisotopic (exact) mass is 255 g/mol. The van der Waals surface area contributed by atoms with Gasteiger partial charge in [-0.2, -0.15) is 0 Å². The SMILES string of the molecule is C=C(C)CC(NCCC)c1ccc(Cl)c(F)c1. The highest BCUT2D eigenvalue weighted by Crippen LogP contribution is 2.24. The van der Waals surface area contributed by atoms with E-state index in [1.54, 1.807) is 6.07 Å². The van der Waals surface area contributed by atoms with E-state index in [0.29, 0.717) is 0 Å².